The lowest BCUT2D eigenvalue weighted by molar-refractivity contribution is 0.209. The molecule has 0 saturated heterocycles. The smallest absolute Gasteiger partial charge is 0.121 e. The second-order valence-corrected chi connectivity index (χ2v) is 6.73. The summed E-state index contributed by atoms with van der Waals surface area (Å²) in [6.45, 7) is 6.59. The molecular formula is C17H22N2O. The first-order valence-corrected chi connectivity index (χ1v) is 7.27. The molecule has 1 saturated carbocycles. The Morgan fingerprint density at radius 2 is 1.85 bits per heavy atom. The van der Waals surface area contributed by atoms with Crippen molar-refractivity contribution in [2.75, 3.05) is 0 Å². The molecule has 3 nitrogen and oxygen atoms in total. The minimum atomic E-state index is -0.591. The van der Waals surface area contributed by atoms with E-state index in [4.69, 9.17) is 0 Å². The Kier molecular flexibility index (Phi) is 3.17. The van der Waals surface area contributed by atoms with Crippen LogP contribution in [0.15, 0.2) is 36.8 Å². The largest absolute Gasteiger partial charge is 0.382 e. The van der Waals surface area contributed by atoms with Gasteiger partial charge in [-0.15, -0.1) is 0 Å². The van der Waals surface area contributed by atoms with Crippen LogP contribution in [0, 0.1) is 0 Å². The average molecular weight is 270 g/mol. The Hall–Kier alpha value is -1.61. The van der Waals surface area contributed by atoms with Gasteiger partial charge in [0.1, 0.15) is 6.10 Å². The zero-order chi connectivity index (χ0) is 14.3. The number of aromatic nitrogens is 2. The SMILES string of the molecule is CC(C)(C)c1ccc(C(O)c2cncn2C2CC2)cc1. The van der Waals surface area contributed by atoms with Crippen molar-refractivity contribution >= 4 is 0 Å². The Morgan fingerprint density at radius 3 is 2.40 bits per heavy atom. The van der Waals surface area contributed by atoms with Crippen LogP contribution in [-0.4, -0.2) is 14.7 Å². The maximum Gasteiger partial charge on any atom is 0.121 e. The highest BCUT2D eigenvalue weighted by molar-refractivity contribution is 5.32. The first-order chi connectivity index (χ1) is 9.47. The molecule has 1 atom stereocenters. The van der Waals surface area contributed by atoms with Gasteiger partial charge in [-0.2, -0.15) is 0 Å². The van der Waals surface area contributed by atoms with Crippen molar-refractivity contribution in [3.8, 4) is 0 Å². The maximum atomic E-state index is 10.6. The van der Waals surface area contributed by atoms with Crippen molar-refractivity contribution in [1.82, 2.24) is 9.55 Å². The van der Waals surface area contributed by atoms with E-state index in [1.165, 1.54) is 18.4 Å². The quantitative estimate of drug-likeness (QED) is 0.925. The van der Waals surface area contributed by atoms with Gasteiger partial charge in [0.2, 0.25) is 0 Å². The third kappa shape index (κ3) is 2.50. The molecule has 1 aromatic heterocycles. The summed E-state index contributed by atoms with van der Waals surface area (Å²) in [5, 5.41) is 10.6. The monoisotopic (exact) mass is 270 g/mol. The summed E-state index contributed by atoms with van der Waals surface area (Å²) in [6, 6.07) is 8.80. The van der Waals surface area contributed by atoms with Gasteiger partial charge < -0.3 is 9.67 Å². The number of rotatable bonds is 3. The minimum Gasteiger partial charge on any atom is -0.382 e. The predicted molar refractivity (Wildman–Crippen MR) is 79.7 cm³/mol. The highest BCUT2D eigenvalue weighted by Crippen LogP contribution is 2.38. The molecule has 3 rings (SSSR count). The van der Waals surface area contributed by atoms with Gasteiger partial charge in [-0.3, -0.25) is 0 Å². The summed E-state index contributed by atoms with van der Waals surface area (Å²) in [4.78, 5) is 4.19. The molecule has 3 heteroatoms. The molecule has 0 bridgehead atoms. The molecule has 0 radical (unpaired) electrons. The van der Waals surface area contributed by atoms with Crippen LogP contribution >= 0.6 is 0 Å². The van der Waals surface area contributed by atoms with Crippen LogP contribution < -0.4 is 0 Å². The molecular weight excluding hydrogens is 248 g/mol. The fourth-order valence-corrected chi connectivity index (χ4v) is 2.52. The summed E-state index contributed by atoms with van der Waals surface area (Å²) in [7, 11) is 0. The van der Waals surface area contributed by atoms with Crippen molar-refractivity contribution in [3.63, 3.8) is 0 Å². The minimum absolute atomic E-state index is 0.138. The molecule has 1 heterocycles. The first-order valence-electron chi connectivity index (χ1n) is 7.27. The molecule has 0 aliphatic heterocycles. The van der Waals surface area contributed by atoms with Gasteiger partial charge in [-0.25, -0.2) is 4.98 Å². The van der Waals surface area contributed by atoms with E-state index in [1.807, 2.05) is 18.5 Å². The van der Waals surface area contributed by atoms with Crippen LogP contribution in [0.5, 0.6) is 0 Å². The van der Waals surface area contributed by atoms with E-state index in [0.29, 0.717) is 6.04 Å². The van der Waals surface area contributed by atoms with Crippen molar-refractivity contribution < 1.29 is 5.11 Å². The average Bonchev–Trinajstić information content (AvgIpc) is 3.15. The van der Waals surface area contributed by atoms with Crippen LogP contribution in [-0.2, 0) is 5.41 Å². The normalized spacial score (nSPS) is 17.2. The van der Waals surface area contributed by atoms with E-state index in [1.54, 1.807) is 6.20 Å². The fraction of sp³-hybridized carbons (Fsp3) is 0.471. The third-order valence-electron chi connectivity index (χ3n) is 4.01. The van der Waals surface area contributed by atoms with E-state index < -0.39 is 6.10 Å². The lowest BCUT2D eigenvalue weighted by Gasteiger charge is -2.20. The predicted octanol–water partition coefficient (Wildman–Crippen LogP) is 3.60. The summed E-state index contributed by atoms with van der Waals surface area (Å²) in [5.41, 5.74) is 3.25. The molecule has 1 unspecified atom stereocenters. The van der Waals surface area contributed by atoms with E-state index in [2.05, 4.69) is 42.5 Å². The molecule has 20 heavy (non-hydrogen) atoms. The molecule has 1 aliphatic carbocycles. The van der Waals surface area contributed by atoms with E-state index in [0.717, 1.165) is 11.3 Å². The maximum absolute atomic E-state index is 10.6. The topological polar surface area (TPSA) is 38.1 Å². The van der Waals surface area contributed by atoms with Gasteiger partial charge in [-0.1, -0.05) is 45.0 Å². The standard InChI is InChI=1S/C17H22N2O/c1-17(2,3)13-6-4-12(5-7-13)16(20)15-10-18-11-19(15)14-8-9-14/h4-7,10-11,14,16,20H,8-9H2,1-3H3. The van der Waals surface area contributed by atoms with Crippen molar-refractivity contribution in [3.05, 3.63) is 53.6 Å². The molecule has 1 N–H and O–H groups in total. The fourth-order valence-electron chi connectivity index (χ4n) is 2.52. The van der Waals surface area contributed by atoms with Crippen molar-refractivity contribution in [2.45, 2.75) is 51.2 Å². The van der Waals surface area contributed by atoms with Gasteiger partial charge in [0.25, 0.3) is 0 Å². The molecule has 0 amide bonds. The number of nitrogens with zero attached hydrogens (tertiary/aromatic N) is 2. The van der Waals surface area contributed by atoms with E-state index in [9.17, 15) is 5.11 Å². The lowest BCUT2D eigenvalue weighted by atomic mass is 9.86. The van der Waals surface area contributed by atoms with Gasteiger partial charge in [0.05, 0.1) is 18.2 Å². The highest BCUT2D eigenvalue weighted by Gasteiger charge is 2.27. The Balaban J connectivity index is 1.86. The highest BCUT2D eigenvalue weighted by atomic mass is 16.3. The van der Waals surface area contributed by atoms with Gasteiger partial charge in [0, 0.05) is 6.04 Å². The summed E-state index contributed by atoms with van der Waals surface area (Å²) >= 11 is 0. The zero-order valence-electron chi connectivity index (χ0n) is 12.4. The van der Waals surface area contributed by atoms with E-state index >= 15 is 0 Å². The number of aliphatic hydroxyl groups excluding tert-OH is 1. The second-order valence-electron chi connectivity index (χ2n) is 6.73. The molecule has 1 aromatic carbocycles. The summed E-state index contributed by atoms with van der Waals surface area (Å²) in [5.74, 6) is 0. The van der Waals surface area contributed by atoms with Crippen LogP contribution in [0.4, 0.5) is 0 Å². The Labute approximate surface area is 120 Å². The molecule has 2 aromatic rings. The van der Waals surface area contributed by atoms with E-state index in [-0.39, 0.29) is 5.41 Å². The molecule has 1 aliphatic rings. The Morgan fingerprint density at radius 1 is 1.20 bits per heavy atom. The van der Waals surface area contributed by atoms with Crippen LogP contribution in [0.2, 0.25) is 0 Å². The van der Waals surface area contributed by atoms with Gasteiger partial charge in [0.15, 0.2) is 0 Å². The number of benzene rings is 1. The number of hydrogen-bond acceptors (Lipinski definition) is 2. The third-order valence-corrected chi connectivity index (χ3v) is 4.01. The van der Waals surface area contributed by atoms with Crippen molar-refractivity contribution in [1.29, 1.82) is 0 Å². The number of hydrogen-bond donors (Lipinski definition) is 1. The second kappa shape index (κ2) is 4.74. The Bertz CT molecular complexity index is 588. The zero-order valence-corrected chi connectivity index (χ0v) is 12.4. The van der Waals surface area contributed by atoms with Gasteiger partial charge in [-0.05, 0) is 29.4 Å². The molecule has 1 fully saturated rings. The van der Waals surface area contributed by atoms with Crippen LogP contribution in [0.25, 0.3) is 0 Å². The summed E-state index contributed by atoms with van der Waals surface area (Å²) in [6.07, 6.45) is 5.41. The van der Waals surface area contributed by atoms with Crippen LogP contribution in [0.3, 0.4) is 0 Å². The molecule has 0 spiro atoms. The molecule has 106 valence electrons. The first kappa shape index (κ1) is 13.4. The number of aliphatic hydroxyl groups is 1. The van der Waals surface area contributed by atoms with Gasteiger partial charge >= 0.3 is 0 Å². The number of imidazole rings is 1. The van der Waals surface area contributed by atoms with Crippen LogP contribution in [0.1, 0.15) is 62.6 Å². The lowest BCUT2D eigenvalue weighted by Crippen LogP contribution is -2.12. The summed E-state index contributed by atoms with van der Waals surface area (Å²) < 4.78 is 2.11. The van der Waals surface area contributed by atoms with Crippen molar-refractivity contribution in [2.24, 2.45) is 0 Å².